The first kappa shape index (κ1) is 19.2. The van der Waals surface area contributed by atoms with Gasteiger partial charge in [0.2, 0.25) is 0 Å². The van der Waals surface area contributed by atoms with Gasteiger partial charge in [-0.3, -0.25) is 9.59 Å². The minimum atomic E-state index is -0.443. The van der Waals surface area contributed by atoms with Gasteiger partial charge in [-0.15, -0.1) is 0 Å². The lowest BCUT2D eigenvalue weighted by Gasteiger charge is -2.13. The highest BCUT2D eigenvalue weighted by Gasteiger charge is 2.11. The maximum Gasteiger partial charge on any atom is 0.313 e. The SMILES string of the molecule is CCOC(=O)CC(=O)CCC[C@@H](C)OCc1ccc(OC)cc1. The number of esters is 1. The van der Waals surface area contributed by atoms with E-state index in [1.807, 2.05) is 31.2 Å². The molecule has 1 rings (SSSR count). The lowest BCUT2D eigenvalue weighted by molar-refractivity contribution is -0.145. The van der Waals surface area contributed by atoms with E-state index >= 15 is 0 Å². The van der Waals surface area contributed by atoms with Crippen LogP contribution in [-0.2, 0) is 25.7 Å². The van der Waals surface area contributed by atoms with E-state index in [2.05, 4.69) is 0 Å². The average molecular weight is 322 g/mol. The topological polar surface area (TPSA) is 61.8 Å². The third kappa shape index (κ3) is 8.35. The highest BCUT2D eigenvalue weighted by Crippen LogP contribution is 2.14. The van der Waals surface area contributed by atoms with Crippen LogP contribution in [-0.4, -0.2) is 31.6 Å². The van der Waals surface area contributed by atoms with Crippen molar-refractivity contribution in [2.24, 2.45) is 0 Å². The number of benzene rings is 1. The molecule has 0 N–H and O–H groups in total. The molecular weight excluding hydrogens is 296 g/mol. The molecule has 0 saturated carbocycles. The molecule has 23 heavy (non-hydrogen) atoms. The molecular formula is C18H26O5. The van der Waals surface area contributed by atoms with E-state index in [4.69, 9.17) is 14.2 Å². The number of ether oxygens (including phenoxy) is 3. The Morgan fingerprint density at radius 1 is 1.17 bits per heavy atom. The number of hydrogen-bond acceptors (Lipinski definition) is 5. The monoisotopic (exact) mass is 322 g/mol. The Balaban J connectivity index is 2.17. The van der Waals surface area contributed by atoms with Gasteiger partial charge in [-0.2, -0.15) is 0 Å². The maximum absolute atomic E-state index is 11.6. The fourth-order valence-electron chi connectivity index (χ4n) is 2.09. The Bertz CT molecular complexity index is 481. The Labute approximate surface area is 137 Å². The Hall–Kier alpha value is -1.88. The van der Waals surface area contributed by atoms with E-state index in [1.54, 1.807) is 14.0 Å². The number of carbonyl (C=O) groups is 2. The second-order valence-corrected chi connectivity index (χ2v) is 5.38. The molecule has 5 heteroatoms. The zero-order valence-corrected chi connectivity index (χ0v) is 14.2. The van der Waals surface area contributed by atoms with Crippen LogP contribution in [0.2, 0.25) is 0 Å². The van der Waals surface area contributed by atoms with Gasteiger partial charge >= 0.3 is 5.97 Å². The summed E-state index contributed by atoms with van der Waals surface area (Å²) in [5.74, 6) is 0.300. The van der Waals surface area contributed by atoms with Gasteiger partial charge in [0.1, 0.15) is 18.0 Å². The molecule has 0 fully saturated rings. The van der Waals surface area contributed by atoms with Crippen LogP contribution in [0.3, 0.4) is 0 Å². The van der Waals surface area contributed by atoms with Crippen molar-refractivity contribution in [3.63, 3.8) is 0 Å². The molecule has 0 aromatic heterocycles. The molecule has 5 nitrogen and oxygen atoms in total. The number of rotatable bonds is 11. The minimum absolute atomic E-state index is 0.0625. The van der Waals surface area contributed by atoms with Crippen LogP contribution in [0.5, 0.6) is 5.75 Å². The summed E-state index contributed by atoms with van der Waals surface area (Å²) < 4.78 is 15.6. The Morgan fingerprint density at radius 2 is 1.87 bits per heavy atom. The standard InChI is InChI=1S/C18H26O5/c1-4-22-18(20)12-16(19)7-5-6-14(2)23-13-15-8-10-17(21-3)11-9-15/h8-11,14H,4-7,12-13H2,1-3H3/t14-/m1/s1. The van der Waals surface area contributed by atoms with Gasteiger partial charge in [0.15, 0.2) is 0 Å². The number of methoxy groups -OCH3 is 1. The van der Waals surface area contributed by atoms with E-state index in [9.17, 15) is 9.59 Å². The molecule has 128 valence electrons. The fraction of sp³-hybridized carbons (Fsp3) is 0.556. The van der Waals surface area contributed by atoms with Crippen molar-refractivity contribution in [2.45, 2.75) is 52.2 Å². The minimum Gasteiger partial charge on any atom is -0.497 e. The van der Waals surface area contributed by atoms with Crippen molar-refractivity contribution in [1.29, 1.82) is 0 Å². The average Bonchev–Trinajstić information content (AvgIpc) is 2.53. The molecule has 1 atom stereocenters. The van der Waals surface area contributed by atoms with Crippen molar-refractivity contribution in [2.75, 3.05) is 13.7 Å². The van der Waals surface area contributed by atoms with Crippen LogP contribution in [0.4, 0.5) is 0 Å². The van der Waals surface area contributed by atoms with Gasteiger partial charge in [-0.1, -0.05) is 12.1 Å². The summed E-state index contributed by atoms with van der Waals surface area (Å²) >= 11 is 0. The van der Waals surface area contributed by atoms with Crippen LogP contribution in [0.1, 0.15) is 45.1 Å². The molecule has 0 saturated heterocycles. The summed E-state index contributed by atoms with van der Waals surface area (Å²) in [6, 6.07) is 7.73. The highest BCUT2D eigenvalue weighted by atomic mass is 16.5. The van der Waals surface area contributed by atoms with Crippen LogP contribution < -0.4 is 4.74 Å². The molecule has 0 bridgehead atoms. The lowest BCUT2D eigenvalue weighted by atomic mass is 10.1. The lowest BCUT2D eigenvalue weighted by Crippen LogP contribution is -2.12. The van der Waals surface area contributed by atoms with E-state index in [0.29, 0.717) is 26.1 Å². The molecule has 0 unspecified atom stereocenters. The van der Waals surface area contributed by atoms with Crippen molar-refractivity contribution in [3.8, 4) is 5.75 Å². The number of Topliss-reactive ketones (excluding diaryl/α,β-unsaturated/α-hetero) is 1. The van der Waals surface area contributed by atoms with Crippen LogP contribution in [0, 0.1) is 0 Å². The zero-order valence-electron chi connectivity index (χ0n) is 14.2. The van der Waals surface area contributed by atoms with Crippen molar-refractivity contribution >= 4 is 11.8 Å². The first-order valence-corrected chi connectivity index (χ1v) is 7.97. The first-order valence-electron chi connectivity index (χ1n) is 7.97. The zero-order chi connectivity index (χ0) is 17.1. The van der Waals surface area contributed by atoms with Crippen LogP contribution in [0.15, 0.2) is 24.3 Å². The van der Waals surface area contributed by atoms with E-state index in [-0.39, 0.29) is 18.3 Å². The summed E-state index contributed by atoms with van der Waals surface area (Å²) in [6.07, 6.45) is 1.81. The first-order chi connectivity index (χ1) is 11.0. The predicted molar refractivity (Wildman–Crippen MR) is 87.4 cm³/mol. The van der Waals surface area contributed by atoms with E-state index in [1.165, 1.54) is 0 Å². The van der Waals surface area contributed by atoms with Crippen LogP contribution >= 0.6 is 0 Å². The van der Waals surface area contributed by atoms with Gasteiger partial charge in [-0.25, -0.2) is 0 Å². The molecule has 0 spiro atoms. The van der Waals surface area contributed by atoms with Crippen molar-refractivity contribution in [3.05, 3.63) is 29.8 Å². The number of ketones is 1. The fourth-order valence-corrected chi connectivity index (χ4v) is 2.09. The predicted octanol–water partition coefficient (Wildman–Crippen LogP) is 3.29. The van der Waals surface area contributed by atoms with E-state index < -0.39 is 5.97 Å². The maximum atomic E-state index is 11.6. The summed E-state index contributed by atoms with van der Waals surface area (Å²) in [6.45, 7) is 4.55. The summed E-state index contributed by atoms with van der Waals surface area (Å²) in [5.41, 5.74) is 1.08. The van der Waals surface area contributed by atoms with E-state index in [0.717, 1.165) is 17.7 Å². The largest absolute Gasteiger partial charge is 0.497 e. The van der Waals surface area contributed by atoms with Gasteiger partial charge < -0.3 is 14.2 Å². The molecule has 0 heterocycles. The summed E-state index contributed by atoms with van der Waals surface area (Å²) in [7, 11) is 1.64. The molecule has 1 aromatic rings. The normalized spacial score (nSPS) is 11.8. The molecule has 0 aliphatic heterocycles. The molecule has 0 radical (unpaired) electrons. The Morgan fingerprint density at radius 3 is 2.48 bits per heavy atom. The van der Waals surface area contributed by atoms with Gasteiger partial charge in [0.25, 0.3) is 0 Å². The third-order valence-electron chi connectivity index (χ3n) is 3.41. The second-order valence-electron chi connectivity index (χ2n) is 5.38. The van der Waals surface area contributed by atoms with Gasteiger partial charge in [-0.05, 0) is 44.4 Å². The Kier molecular flexibility index (Phi) is 8.98. The molecule has 0 aliphatic carbocycles. The summed E-state index contributed by atoms with van der Waals surface area (Å²) in [4.78, 5) is 22.8. The second kappa shape index (κ2) is 10.8. The smallest absolute Gasteiger partial charge is 0.313 e. The van der Waals surface area contributed by atoms with Crippen LogP contribution in [0.25, 0.3) is 0 Å². The molecule has 0 aliphatic rings. The number of hydrogen-bond donors (Lipinski definition) is 0. The van der Waals surface area contributed by atoms with Crippen molar-refractivity contribution in [1.82, 2.24) is 0 Å². The number of carbonyl (C=O) groups excluding carboxylic acids is 2. The highest BCUT2D eigenvalue weighted by molar-refractivity contribution is 5.95. The molecule has 0 amide bonds. The quantitative estimate of drug-likeness (QED) is 0.462. The summed E-state index contributed by atoms with van der Waals surface area (Å²) in [5, 5.41) is 0. The molecule has 1 aromatic carbocycles. The third-order valence-corrected chi connectivity index (χ3v) is 3.41. The van der Waals surface area contributed by atoms with Gasteiger partial charge in [0.05, 0.1) is 26.4 Å². The van der Waals surface area contributed by atoms with Crippen molar-refractivity contribution < 1.29 is 23.8 Å². The van der Waals surface area contributed by atoms with Gasteiger partial charge in [0, 0.05) is 6.42 Å².